The Hall–Kier alpha value is -3.05. The molecule has 1 saturated heterocycles. The number of β-lactam (4-membered cyclic amide) rings is 1. The van der Waals surface area contributed by atoms with Gasteiger partial charge in [-0.2, -0.15) is 0 Å². The fourth-order valence-corrected chi connectivity index (χ4v) is 4.38. The van der Waals surface area contributed by atoms with Crippen molar-refractivity contribution in [3.05, 3.63) is 41.6 Å². The van der Waals surface area contributed by atoms with Crippen molar-refractivity contribution in [1.82, 2.24) is 4.90 Å². The molecule has 2 amide bonds. The van der Waals surface area contributed by atoms with Crippen molar-refractivity contribution in [2.75, 3.05) is 13.2 Å². The van der Waals surface area contributed by atoms with E-state index in [2.05, 4.69) is 0 Å². The number of carboxylic acid groups (broad SMARTS) is 1. The van der Waals surface area contributed by atoms with Gasteiger partial charge in [0.1, 0.15) is 36.1 Å². The Morgan fingerprint density at radius 1 is 1.21 bits per heavy atom. The highest BCUT2D eigenvalue weighted by Crippen LogP contribution is 2.44. The molecule has 11 heteroatoms. The monoisotopic (exact) mass is 407 g/mol. The van der Waals surface area contributed by atoms with E-state index in [1.807, 2.05) is 0 Å². The lowest BCUT2D eigenvalue weighted by atomic mass is 10.00. The third kappa shape index (κ3) is 3.66. The second-order valence-electron chi connectivity index (χ2n) is 6.00. The fraction of sp³-hybridized carbons (Fsp3) is 0.294. The van der Waals surface area contributed by atoms with Crippen LogP contribution in [-0.4, -0.2) is 63.6 Å². The molecule has 0 aliphatic carbocycles. The summed E-state index contributed by atoms with van der Waals surface area (Å²) in [5, 5.41) is 7.87. The number of para-hydroxylation sites is 1. The number of rotatable bonds is 7. The second-order valence-corrected chi connectivity index (χ2v) is 7.22. The third-order valence-corrected chi connectivity index (χ3v) is 5.81. The topological polar surface area (TPSA) is 162 Å². The molecule has 0 radical (unpaired) electrons. The average Bonchev–Trinajstić information content (AvgIpc) is 2.69. The lowest BCUT2D eigenvalue weighted by molar-refractivity contribution is -0.148. The summed E-state index contributed by atoms with van der Waals surface area (Å²) < 4.78 is 10.2. The summed E-state index contributed by atoms with van der Waals surface area (Å²) >= 11 is 1.01. The lowest BCUT2D eigenvalue weighted by Gasteiger charge is -2.49. The number of hydrogen-bond donors (Lipinski definition) is 3. The van der Waals surface area contributed by atoms with E-state index in [1.165, 1.54) is 0 Å². The minimum atomic E-state index is -1.43. The smallest absolute Gasteiger partial charge is 0.404 e. The highest BCUT2D eigenvalue weighted by Gasteiger charge is 2.55. The van der Waals surface area contributed by atoms with Gasteiger partial charge in [0, 0.05) is 5.57 Å². The molecule has 3 atom stereocenters. The lowest BCUT2D eigenvalue weighted by Crippen LogP contribution is -2.69. The van der Waals surface area contributed by atoms with E-state index in [0.717, 1.165) is 16.7 Å². The van der Waals surface area contributed by atoms with Crippen molar-refractivity contribution in [2.24, 2.45) is 11.5 Å². The Morgan fingerprint density at radius 2 is 1.89 bits per heavy atom. The molecular formula is C17H17N3O7S. The Labute approximate surface area is 163 Å². The fourth-order valence-electron chi connectivity index (χ4n) is 2.92. The number of carbonyl (C=O) groups excluding carboxylic acids is 3. The number of ether oxygens (including phenoxy) is 2. The van der Waals surface area contributed by atoms with Crippen molar-refractivity contribution >= 4 is 35.5 Å². The number of carbonyl (C=O) groups is 4. The summed E-state index contributed by atoms with van der Waals surface area (Å²) in [4.78, 5) is 48.6. The number of nitrogens with zero attached hydrogens (tertiary/aromatic N) is 1. The van der Waals surface area contributed by atoms with Crippen LogP contribution < -0.4 is 16.2 Å². The quantitative estimate of drug-likeness (QED) is 0.514. The predicted octanol–water partition coefficient (Wildman–Crippen LogP) is -0.320. The normalized spacial score (nSPS) is 23.5. The van der Waals surface area contributed by atoms with E-state index in [-0.39, 0.29) is 12.2 Å². The molecule has 148 valence electrons. The van der Waals surface area contributed by atoms with Crippen molar-refractivity contribution in [3.63, 3.8) is 0 Å². The molecule has 10 nitrogen and oxygen atoms in total. The van der Waals surface area contributed by atoms with Crippen LogP contribution in [0.4, 0.5) is 4.79 Å². The van der Waals surface area contributed by atoms with Crippen molar-refractivity contribution in [3.8, 4) is 5.75 Å². The molecule has 2 aliphatic heterocycles. The van der Waals surface area contributed by atoms with Gasteiger partial charge in [0.25, 0.3) is 0 Å². The van der Waals surface area contributed by atoms with Crippen LogP contribution in [0.15, 0.2) is 41.6 Å². The Kier molecular flexibility index (Phi) is 5.56. The Bertz CT molecular complexity index is 858. The SMILES string of the molecule is NC(=O)OCC1=C(C(=O)O)N2C(=O)C(N)[C@H]2SC1C(=O)COc1ccccc1. The molecule has 1 fully saturated rings. The van der Waals surface area contributed by atoms with Gasteiger partial charge in [-0.3, -0.25) is 14.5 Å². The van der Waals surface area contributed by atoms with E-state index in [1.54, 1.807) is 30.3 Å². The van der Waals surface area contributed by atoms with Gasteiger partial charge in [-0.1, -0.05) is 18.2 Å². The molecule has 5 N–H and O–H groups in total. The van der Waals surface area contributed by atoms with Gasteiger partial charge in [0.2, 0.25) is 5.91 Å². The van der Waals surface area contributed by atoms with Crippen molar-refractivity contribution < 1.29 is 33.8 Å². The number of amides is 2. The van der Waals surface area contributed by atoms with Crippen LogP contribution in [0.25, 0.3) is 0 Å². The molecular weight excluding hydrogens is 390 g/mol. The number of primary amides is 1. The first-order valence-electron chi connectivity index (χ1n) is 8.14. The number of fused-ring (bicyclic) bond motifs is 1. The van der Waals surface area contributed by atoms with Crippen LogP contribution in [0.3, 0.4) is 0 Å². The average molecular weight is 407 g/mol. The number of benzene rings is 1. The zero-order chi connectivity index (χ0) is 20.4. The van der Waals surface area contributed by atoms with Crippen molar-refractivity contribution in [1.29, 1.82) is 0 Å². The zero-order valence-corrected chi connectivity index (χ0v) is 15.3. The highest BCUT2D eigenvalue weighted by molar-refractivity contribution is 8.01. The van der Waals surface area contributed by atoms with Crippen LogP contribution >= 0.6 is 11.8 Å². The summed E-state index contributed by atoms with van der Waals surface area (Å²) in [6.45, 7) is -0.887. The Balaban J connectivity index is 1.88. The minimum Gasteiger partial charge on any atom is -0.486 e. The molecule has 0 spiro atoms. The maximum Gasteiger partial charge on any atom is 0.404 e. The van der Waals surface area contributed by atoms with Gasteiger partial charge >= 0.3 is 12.1 Å². The molecule has 28 heavy (non-hydrogen) atoms. The molecule has 2 unspecified atom stereocenters. The standard InChI is InChI=1S/C17H17N3O7S/c18-11-14(22)20-12(16(23)24)9(6-27-17(19)25)13(28-15(11)20)10(21)7-26-8-4-2-1-3-5-8/h1-5,11,13,15H,6-7,18H2,(H2,19,25)(H,23,24)/t11?,13?,15-/m1/s1. The summed E-state index contributed by atoms with van der Waals surface area (Å²) in [5.74, 6) is -2.01. The van der Waals surface area contributed by atoms with Gasteiger partial charge in [0.15, 0.2) is 5.78 Å². The largest absolute Gasteiger partial charge is 0.486 e. The Morgan fingerprint density at radius 3 is 2.50 bits per heavy atom. The van der Waals surface area contributed by atoms with Crippen molar-refractivity contribution in [2.45, 2.75) is 16.7 Å². The second kappa shape index (κ2) is 7.90. The number of carboxylic acids is 1. The highest BCUT2D eigenvalue weighted by atomic mass is 32.2. The maximum atomic E-state index is 12.8. The zero-order valence-electron chi connectivity index (χ0n) is 14.4. The molecule has 0 aromatic heterocycles. The number of hydrogen-bond acceptors (Lipinski definition) is 8. The van der Waals surface area contributed by atoms with Gasteiger partial charge in [-0.15, -0.1) is 11.8 Å². The molecule has 1 aromatic rings. The summed E-state index contributed by atoms with van der Waals surface area (Å²) in [6.07, 6.45) is -1.14. The number of Topliss-reactive ketones (excluding diaryl/α,β-unsaturated/α-hetero) is 1. The first-order valence-corrected chi connectivity index (χ1v) is 9.08. The molecule has 0 bridgehead atoms. The molecule has 3 rings (SSSR count). The number of ketones is 1. The summed E-state index contributed by atoms with van der Waals surface area (Å²) in [5.41, 5.74) is 10.3. The van der Waals surface area contributed by atoms with E-state index in [0.29, 0.717) is 5.75 Å². The number of nitrogens with two attached hydrogens (primary N) is 2. The summed E-state index contributed by atoms with van der Waals surface area (Å²) in [6, 6.07) is 7.67. The number of aliphatic carboxylic acids is 1. The first kappa shape index (κ1) is 19.7. The van der Waals surface area contributed by atoms with Gasteiger partial charge in [-0.25, -0.2) is 9.59 Å². The van der Waals surface area contributed by atoms with Gasteiger partial charge in [-0.05, 0) is 12.1 Å². The minimum absolute atomic E-state index is 0.0468. The van der Waals surface area contributed by atoms with Gasteiger partial charge in [0.05, 0.1) is 5.25 Å². The summed E-state index contributed by atoms with van der Waals surface area (Å²) in [7, 11) is 0. The molecule has 0 saturated carbocycles. The van der Waals surface area contributed by atoms with Crippen LogP contribution in [0.1, 0.15) is 0 Å². The van der Waals surface area contributed by atoms with Crippen LogP contribution in [0, 0.1) is 0 Å². The van der Waals surface area contributed by atoms with E-state index >= 15 is 0 Å². The number of thioether (sulfide) groups is 1. The van der Waals surface area contributed by atoms with Crippen LogP contribution in [-0.2, 0) is 19.1 Å². The molecule has 2 aliphatic rings. The maximum absolute atomic E-state index is 12.8. The van der Waals surface area contributed by atoms with E-state index < -0.39 is 52.7 Å². The predicted molar refractivity (Wildman–Crippen MR) is 97.1 cm³/mol. The molecule has 2 heterocycles. The van der Waals surface area contributed by atoms with Gasteiger partial charge < -0.3 is 26.0 Å². The van der Waals surface area contributed by atoms with E-state index in [4.69, 9.17) is 20.9 Å². The van der Waals surface area contributed by atoms with E-state index in [9.17, 15) is 24.3 Å². The van der Waals surface area contributed by atoms with Crippen LogP contribution in [0.2, 0.25) is 0 Å². The van der Waals surface area contributed by atoms with Crippen LogP contribution in [0.5, 0.6) is 5.75 Å². The third-order valence-electron chi connectivity index (χ3n) is 4.21. The molecule has 1 aromatic carbocycles. The first-order chi connectivity index (χ1) is 13.3.